The van der Waals surface area contributed by atoms with Crippen LogP contribution in [0.15, 0.2) is 30.6 Å². The van der Waals surface area contributed by atoms with Crippen molar-refractivity contribution in [1.82, 2.24) is 19.7 Å². The van der Waals surface area contributed by atoms with E-state index in [2.05, 4.69) is 21.0 Å². The normalized spacial score (nSPS) is 15.1. The summed E-state index contributed by atoms with van der Waals surface area (Å²) in [6.45, 7) is 1.76. The van der Waals surface area contributed by atoms with Crippen LogP contribution < -0.4 is 5.73 Å². The Kier molecular flexibility index (Phi) is 3.21. The Morgan fingerprint density at radius 1 is 1.37 bits per heavy atom. The third-order valence-corrected chi connectivity index (χ3v) is 3.55. The van der Waals surface area contributed by atoms with Gasteiger partial charge in [0.05, 0.1) is 6.54 Å². The Labute approximate surface area is 113 Å². The van der Waals surface area contributed by atoms with Crippen molar-refractivity contribution in [2.45, 2.75) is 32.0 Å². The highest BCUT2D eigenvalue weighted by Gasteiger charge is 2.29. The molecule has 2 aromatic rings. The summed E-state index contributed by atoms with van der Waals surface area (Å²) in [7, 11) is 1.94. The van der Waals surface area contributed by atoms with Crippen molar-refractivity contribution >= 4 is 5.69 Å². The van der Waals surface area contributed by atoms with Crippen molar-refractivity contribution in [2.75, 3.05) is 5.73 Å². The highest BCUT2D eigenvalue weighted by molar-refractivity contribution is 5.40. The molecule has 0 unspecified atom stereocenters. The van der Waals surface area contributed by atoms with Crippen molar-refractivity contribution in [3.05, 3.63) is 42.0 Å². The number of nitrogen functional groups attached to an aromatic ring is 1. The van der Waals surface area contributed by atoms with Crippen LogP contribution in [0, 0.1) is 0 Å². The zero-order valence-corrected chi connectivity index (χ0v) is 11.2. The van der Waals surface area contributed by atoms with E-state index in [9.17, 15) is 0 Å². The summed E-state index contributed by atoms with van der Waals surface area (Å²) in [5.41, 5.74) is 7.93. The van der Waals surface area contributed by atoms with Crippen LogP contribution in [0.1, 0.15) is 24.2 Å². The minimum absolute atomic E-state index is 0.679. The van der Waals surface area contributed by atoms with Crippen molar-refractivity contribution in [1.29, 1.82) is 0 Å². The number of hydrogen-bond donors (Lipinski definition) is 1. The maximum Gasteiger partial charge on any atom is 0.140 e. The van der Waals surface area contributed by atoms with E-state index < -0.39 is 0 Å². The third-order valence-electron chi connectivity index (χ3n) is 3.55. The van der Waals surface area contributed by atoms with Gasteiger partial charge in [-0.1, -0.05) is 12.1 Å². The Bertz CT molecular complexity index is 558. The zero-order valence-electron chi connectivity index (χ0n) is 11.2. The molecule has 3 rings (SSSR count). The van der Waals surface area contributed by atoms with Crippen LogP contribution in [0.25, 0.3) is 0 Å². The summed E-state index contributed by atoms with van der Waals surface area (Å²) in [5.74, 6) is 1.01. The van der Waals surface area contributed by atoms with Crippen LogP contribution in [-0.2, 0) is 20.1 Å². The molecule has 0 radical (unpaired) electrons. The Balaban J connectivity index is 1.73. The van der Waals surface area contributed by atoms with E-state index in [-0.39, 0.29) is 0 Å². The summed E-state index contributed by atoms with van der Waals surface area (Å²) in [4.78, 5) is 6.77. The number of benzene rings is 1. The Hall–Kier alpha value is -1.88. The predicted octanol–water partition coefficient (Wildman–Crippen LogP) is 1.56. The molecule has 1 aliphatic carbocycles. The first-order chi connectivity index (χ1) is 9.22. The molecule has 1 saturated carbocycles. The van der Waals surface area contributed by atoms with Gasteiger partial charge in [-0.3, -0.25) is 9.58 Å². The molecule has 1 aromatic heterocycles. The fraction of sp³-hybridized carbons (Fsp3) is 0.429. The number of hydrogen-bond acceptors (Lipinski definition) is 4. The molecular formula is C14H19N5. The second-order valence-electron chi connectivity index (χ2n) is 5.18. The van der Waals surface area contributed by atoms with Gasteiger partial charge < -0.3 is 5.73 Å². The van der Waals surface area contributed by atoms with E-state index in [4.69, 9.17) is 5.73 Å². The largest absolute Gasteiger partial charge is 0.399 e. The van der Waals surface area contributed by atoms with E-state index >= 15 is 0 Å². The summed E-state index contributed by atoms with van der Waals surface area (Å²) in [6.07, 6.45) is 4.17. The van der Waals surface area contributed by atoms with Crippen LogP contribution in [0.2, 0.25) is 0 Å². The average Bonchev–Trinajstić information content (AvgIpc) is 3.14. The van der Waals surface area contributed by atoms with Gasteiger partial charge in [-0.05, 0) is 30.5 Å². The Morgan fingerprint density at radius 3 is 2.84 bits per heavy atom. The van der Waals surface area contributed by atoms with E-state index in [0.29, 0.717) is 6.04 Å². The van der Waals surface area contributed by atoms with E-state index in [0.717, 1.165) is 24.6 Å². The molecule has 1 fully saturated rings. The highest BCUT2D eigenvalue weighted by atomic mass is 15.3. The molecule has 5 nitrogen and oxygen atoms in total. The lowest BCUT2D eigenvalue weighted by Crippen LogP contribution is -2.26. The quantitative estimate of drug-likeness (QED) is 0.826. The predicted molar refractivity (Wildman–Crippen MR) is 74.1 cm³/mol. The maximum atomic E-state index is 5.84. The van der Waals surface area contributed by atoms with Gasteiger partial charge in [-0.25, -0.2) is 4.98 Å². The van der Waals surface area contributed by atoms with E-state index in [1.54, 1.807) is 6.33 Å². The summed E-state index contributed by atoms with van der Waals surface area (Å²) >= 11 is 0. The van der Waals surface area contributed by atoms with Gasteiger partial charge in [0.1, 0.15) is 12.2 Å². The highest BCUT2D eigenvalue weighted by Crippen LogP contribution is 2.29. The molecular weight excluding hydrogens is 238 g/mol. The number of aromatic nitrogens is 3. The molecule has 5 heteroatoms. The molecule has 2 N–H and O–H groups in total. The lowest BCUT2D eigenvalue weighted by molar-refractivity contribution is 0.236. The van der Waals surface area contributed by atoms with Crippen LogP contribution in [-0.4, -0.2) is 25.7 Å². The topological polar surface area (TPSA) is 60.0 Å². The van der Waals surface area contributed by atoms with Crippen LogP contribution in [0.4, 0.5) is 5.69 Å². The molecule has 0 amide bonds. The average molecular weight is 257 g/mol. The summed E-state index contributed by atoms with van der Waals surface area (Å²) in [6, 6.07) is 8.79. The molecule has 0 spiro atoms. The van der Waals surface area contributed by atoms with Crippen LogP contribution in [0.3, 0.4) is 0 Å². The first kappa shape index (κ1) is 12.2. The van der Waals surface area contributed by atoms with Crippen LogP contribution in [0.5, 0.6) is 0 Å². The van der Waals surface area contributed by atoms with E-state index in [1.807, 2.05) is 29.9 Å². The molecule has 0 aliphatic heterocycles. The van der Waals surface area contributed by atoms with Gasteiger partial charge >= 0.3 is 0 Å². The molecule has 0 saturated heterocycles. The first-order valence-electron chi connectivity index (χ1n) is 6.64. The molecule has 19 heavy (non-hydrogen) atoms. The van der Waals surface area contributed by atoms with Crippen molar-refractivity contribution in [2.24, 2.45) is 7.05 Å². The van der Waals surface area contributed by atoms with Crippen LogP contribution >= 0.6 is 0 Å². The molecule has 0 bridgehead atoms. The van der Waals surface area contributed by atoms with Gasteiger partial charge in [0.25, 0.3) is 0 Å². The first-order valence-corrected chi connectivity index (χ1v) is 6.64. The second kappa shape index (κ2) is 5.01. The third kappa shape index (κ3) is 2.93. The molecule has 1 aliphatic rings. The minimum Gasteiger partial charge on any atom is -0.399 e. The number of nitrogens with zero attached hydrogens (tertiary/aromatic N) is 4. The van der Waals surface area contributed by atoms with Gasteiger partial charge in [0, 0.05) is 25.3 Å². The van der Waals surface area contributed by atoms with E-state index in [1.165, 1.54) is 18.4 Å². The van der Waals surface area contributed by atoms with Crippen molar-refractivity contribution in [3.63, 3.8) is 0 Å². The fourth-order valence-electron chi connectivity index (χ4n) is 2.32. The van der Waals surface area contributed by atoms with Gasteiger partial charge in [0.2, 0.25) is 0 Å². The second-order valence-corrected chi connectivity index (χ2v) is 5.18. The van der Waals surface area contributed by atoms with Gasteiger partial charge in [-0.2, -0.15) is 5.10 Å². The van der Waals surface area contributed by atoms with Gasteiger partial charge in [0.15, 0.2) is 0 Å². The standard InChI is InChI=1S/C14H19N5/c1-18-14(16-10-17-18)9-19(13-5-6-13)8-11-3-2-4-12(15)7-11/h2-4,7,10,13H,5-6,8-9,15H2,1H3. The van der Waals surface area contributed by atoms with Gasteiger partial charge in [-0.15, -0.1) is 0 Å². The number of anilines is 1. The smallest absolute Gasteiger partial charge is 0.140 e. The molecule has 1 aromatic carbocycles. The van der Waals surface area contributed by atoms with Crippen molar-refractivity contribution in [3.8, 4) is 0 Å². The number of aryl methyl sites for hydroxylation is 1. The number of rotatable bonds is 5. The SMILES string of the molecule is Cn1ncnc1CN(Cc1cccc(N)c1)C1CC1. The monoisotopic (exact) mass is 257 g/mol. The summed E-state index contributed by atoms with van der Waals surface area (Å²) < 4.78 is 1.84. The lowest BCUT2D eigenvalue weighted by Gasteiger charge is -2.21. The molecule has 0 atom stereocenters. The fourth-order valence-corrected chi connectivity index (χ4v) is 2.32. The lowest BCUT2D eigenvalue weighted by atomic mass is 10.2. The van der Waals surface area contributed by atoms with Crippen molar-refractivity contribution < 1.29 is 0 Å². The zero-order chi connectivity index (χ0) is 13.2. The number of nitrogens with two attached hydrogens (primary N) is 1. The minimum atomic E-state index is 0.679. The molecule has 100 valence electrons. The molecule has 1 heterocycles. The Morgan fingerprint density at radius 2 is 2.21 bits per heavy atom. The summed E-state index contributed by atoms with van der Waals surface area (Å²) in [5, 5.41) is 4.13. The maximum absolute atomic E-state index is 5.84.